The van der Waals surface area contributed by atoms with Crippen LogP contribution in [0.2, 0.25) is 0 Å². The third-order valence-corrected chi connectivity index (χ3v) is 2.15. The van der Waals surface area contributed by atoms with Crippen LogP contribution < -0.4 is 5.73 Å². The lowest BCUT2D eigenvalue weighted by molar-refractivity contribution is -0.117. The van der Waals surface area contributed by atoms with Gasteiger partial charge in [-0.2, -0.15) is 0 Å². The van der Waals surface area contributed by atoms with Gasteiger partial charge in [0.1, 0.15) is 0 Å². The first kappa shape index (κ1) is 7.28. The number of primary amides is 1. The Labute approximate surface area is 63.7 Å². The molecule has 1 heterocycles. The number of amides is 1. The Morgan fingerprint density at radius 3 is 2.80 bits per heavy atom. The zero-order valence-corrected chi connectivity index (χ0v) is 6.57. The highest BCUT2D eigenvalue weighted by Gasteiger charge is 1.99. The molecule has 2 N–H and O–H groups in total. The lowest BCUT2D eigenvalue weighted by Crippen LogP contribution is -2.12. The monoisotopic (exact) mass is 155 g/mol. The third kappa shape index (κ3) is 1.84. The number of carbonyl (C=O) groups is 1. The SMILES string of the molecule is Cc1ccc(CC(N)=O)s1. The fraction of sp³-hybridized carbons (Fsp3) is 0.286. The van der Waals surface area contributed by atoms with E-state index in [0.717, 1.165) is 4.88 Å². The predicted octanol–water partition coefficient (Wildman–Crippen LogP) is 1.08. The van der Waals surface area contributed by atoms with Crippen LogP contribution in [0.4, 0.5) is 0 Å². The van der Waals surface area contributed by atoms with Crippen molar-refractivity contribution in [1.82, 2.24) is 0 Å². The Morgan fingerprint density at radius 1 is 1.70 bits per heavy atom. The summed E-state index contributed by atoms with van der Waals surface area (Å²) in [7, 11) is 0. The van der Waals surface area contributed by atoms with Gasteiger partial charge in [0.05, 0.1) is 6.42 Å². The molecule has 0 aliphatic rings. The van der Waals surface area contributed by atoms with E-state index in [0.29, 0.717) is 6.42 Å². The zero-order chi connectivity index (χ0) is 7.56. The van der Waals surface area contributed by atoms with E-state index in [4.69, 9.17) is 5.73 Å². The Hall–Kier alpha value is -0.830. The number of carbonyl (C=O) groups excluding carboxylic acids is 1. The molecule has 0 saturated carbocycles. The lowest BCUT2D eigenvalue weighted by Gasteiger charge is -1.87. The topological polar surface area (TPSA) is 43.1 Å². The van der Waals surface area contributed by atoms with Crippen LogP contribution in [0, 0.1) is 6.92 Å². The van der Waals surface area contributed by atoms with E-state index in [2.05, 4.69) is 0 Å². The molecular formula is C7H9NOS. The Kier molecular flexibility index (Phi) is 2.06. The van der Waals surface area contributed by atoms with Crippen LogP contribution >= 0.6 is 11.3 Å². The minimum Gasteiger partial charge on any atom is -0.369 e. The number of thiophene rings is 1. The predicted molar refractivity (Wildman–Crippen MR) is 42.0 cm³/mol. The molecule has 0 spiro atoms. The summed E-state index contributed by atoms with van der Waals surface area (Å²) >= 11 is 1.62. The first-order valence-corrected chi connectivity index (χ1v) is 3.84. The van der Waals surface area contributed by atoms with Crippen molar-refractivity contribution in [2.75, 3.05) is 0 Å². The quantitative estimate of drug-likeness (QED) is 0.682. The molecule has 1 amide bonds. The molecule has 0 saturated heterocycles. The molecule has 0 aliphatic heterocycles. The van der Waals surface area contributed by atoms with Gasteiger partial charge in [0.25, 0.3) is 0 Å². The van der Waals surface area contributed by atoms with E-state index < -0.39 is 0 Å². The minimum absolute atomic E-state index is 0.262. The van der Waals surface area contributed by atoms with Crippen molar-refractivity contribution in [2.45, 2.75) is 13.3 Å². The summed E-state index contributed by atoms with van der Waals surface area (Å²) in [6.45, 7) is 2.01. The van der Waals surface area contributed by atoms with Crippen molar-refractivity contribution < 1.29 is 4.79 Å². The van der Waals surface area contributed by atoms with Crippen LogP contribution in [0.15, 0.2) is 12.1 Å². The lowest BCUT2D eigenvalue weighted by atomic mass is 10.3. The van der Waals surface area contributed by atoms with Gasteiger partial charge in [0.15, 0.2) is 0 Å². The summed E-state index contributed by atoms with van der Waals surface area (Å²) in [6, 6.07) is 3.92. The molecule has 0 aromatic carbocycles. The molecule has 0 unspecified atom stereocenters. The molecule has 54 valence electrons. The van der Waals surface area contributed by atoms with Crippen LogP contribution in [0.25, 0.3) is 0 Å². The molecular weight excluding hydrogens is 146 g/mol. The molecule has 0 bridgehead atoms. The van der Waals surface area contributed by atoms with Crippen molar-refractivity contribution in [3.05, 3.63) is 21.9 Å². The highest BCUT2D eigenvalue weighted by atomic mass is 32.1. The van der Waals surface area contributed by atoms with Crippen molar-refractivity contribution in [3.8, 4) is 0 Å². The van der Waals surface area contributed by atoms with Gasteiger partial charge in [0.2, 0.25) is 5.91 Å². The van der Waals surface area contributed by atoms with E-state index in [9.17, 15) is 4.79 Å². The summed E-state index contributed by atoms with van der Waals surface area (Å²) in [4.78, 5) is 12.7. The van der Waals surface area contributed by atoms with Crippen molar-refractivity contribution in [2.24, 2.45) is 5.73 Å². The number of hydrogen-bond acceptors (Lipinski definition) is 2. The van der Waals surface area contributed by atoms with Crippen LogP contribution in [-0.2, 0) is 11.2 Å². The molecule has 0 fully saturated rings. The van der Waals surface area contributed by atoms with Crippen LogP contribution in [0.3, 0.4) is 0 Å². The van der Waals surface area contributed by atoms with Gasteiger partial charge < -0.3 is 5.73 Å². The van der Waals surface area contributed by atoms with Gasteiger partial charge in [-0.1, -0.05) is 0 Å². The first-order valence-electron chi connectivity index (χ1n) is 3.02. The molecule has 1 aromatic heterocycles. The zero-order valence-electron chi connectivity index (χ0n) is 5.76. The van der Waals surface area contributed by atoms with Gasteiger partial charge in [-0.3, -0.25) is 4.79 Å². The maximum atomic E-state index is 10.4. The van der Waals surface area contributed by atoms with E-state index in [1.54, 1.807) is 11.3 Å². The summed E-state index contributed by atoms with van der Waals surface area (Å²) in [5, 5.41) is 0. The Morgan fingerprint density at radius 2 is 2.40 bits per heavy atom. The van der Waals surface area contributed by atoms with Crippen LogP contribution in [0.1, 0.15) is 9.75 Å². The maximum absolute atomic E-state index is 10.4. The summed E-state index contributed by atoms with van der Waals surface area (Å²) < 4.78 is 0. The van der Waals surface area contributed by atoms with Gasteiger partial charge in [-0.05, 0) is 19.1 Å². The number of aryl methyl sites for hydroxylation is 1. The molecule has 2 nitrogen and oxygen atoms in total. The van der Waals surface area contributed by atoms with Gasteiger partial charge in [-0.25, -0.2) is 0 Å². The molecule has 0 atom stereocenters. The van der Waals surface area contributed by atoms with E-state index >= 15 is 0 Å². The van der Waals surface area contributed by atoms with E-state index in [1.807, 2.05) is 19.1 Å². The molecule has 10 heavy (non-hydrogen) atoms. The van der Waals surface area contributed by atoms with Gasteiger partial charge >= 0.3 is 0 Å². The second kappa shape index (κ2) is 2.84. The van der Waals surface area contributed by atoms with Crippen LogP contribution in [-0.4, -0.2) is 5.91 Å². The maximum Gasteiger partial charge on any atom is 0.222 e. The van der Waals surface area contributed by atoms with Crippen LogP contribution in [0.5, 0.6) is 0 Å². The average Bonchev–Trinajstić information content (AvgIpc) is 2.13. The van der Waals surface area contributed by atoms with Gasteiger partial charge in [-0.15, -0.1) is 11.3 Å². The van der Waals surface area contributed by atoms with E-state index in [-0.39, 0.29) is 5.91 Å². The summed E-state index contributed by atoms with van der Waals surface area (Å²) in [6.07, 6.45) is 0.374. The fourth-order valence-electron chi connectivity index (χ4n) is 0.752. The number of rotatable bonds is 2. The Balaban J connectivity index is 2.67. The number of hydrogen-bond donors (Lipinski definition) is 1. The molecule has 1 rings (SSSR count). The van der Waals surface area contributed by atoms with E-state index in [1.165, 1.54) is 4.88 Å². The van der Waals surface area contributed by atoms with Crippen molar-refractivity contribution in [1.29, 1.82) is 0 Å². The van der Waals surface area contributed by atoms with Crippen molar-refractivity contribution in [3.63, 3.8) is 0 Å². The normalized spacial score (nSPS) is 9.70. The molecule has 0 aliphatic carbocycles. The fourth-order valence-corrected chi connectivity index (χ4v) is 1.65. The first-order chi connectivity index (χ1) is 4.68. The smallest absolute Gasteiger partial charge is 0.222 e. The molecule has 1 aromatic rings. The number of nitrogens with two attached hydrogens (primary N) is 1. The van der Waals surface area contributed by atoms with Gasteiger partial charge in [0, 0.05) is 9.75 Å². The highest BCUT2D eigenvalue weighted by molar-refractivity contribution is 7.12. The largest absolute Gasteiger partial charge is 0.369 e. The van der Waals surface area contributed by atoms with Crippen molar-refractivity contribution >= 4 is 17.2 Å². The molecule has 0 radical (unpaired) electrons. The highest BCUT2D eigenvalue weighted by Crippen LogP contribution is 2.14. The second-order valence-electron chi connectivity index (χ2n) is 2.16. The molecule has 3 heteroatoms. The Bertz CT molecular complexity index is 242. The standard InChI is InChI=1S/C7H9NOS/c1-5-2-3-6(10-5)4-7(8)9/h2-3H,4H2,1H3,(H2,8,9). The minimum atomic E-state index is -0.262. The average molecular weight is 155 g/mol. The summed E-state index contributed by atoms with van der Waals surface area (Å²) in [5.41, 5.74) is 5.00. The summed E-state index contributed by atoms with van der Waals surface area (Å²) in [5.74, 6) is -0.262. The third-order valence-electron chi connectivity index (χ3n) is 1.14. The second-order valence-corrected chi connectivity index (χ2v) is 3.53.